The van der Waals surface area contributed by atoms with Gasteiger partial charge in [0.2, 0.25) is 0 Å². The maximum absolute atomic E-state index is 9.20. The Morgan fingerprint density at radius 1 is 1.46 bits per heavy atom. The molecule has 0 aliphatic carbocycles. The zero-order valence-electron chi connectivity index (χ0n) is 9.38. The number of likely N-dealkylation sites (N-methyl/N-ethyl adjacent to an activating group) is 1. The van der Waals surface area contributed by atoms with E-state index in [4.69, 9.17) is 5.73 Å². The van der Waals surface area contributed by atoms with Gasteiger partial charge in [0.1, 0.15) is 0 Å². The van der Waals surface area contributed by atoms with Crippen molar-refractivity contribution in [3.05, 3.63) is 0 Å². The molecule has 1 atom stereocenters. The molecular weight excluding hydrogens is 164 g/mol. The highest BCUT2D eigenvalue weighted by Crippen LogP contribution is 2.18. The molecule has 0 saturated carbocycles. The molecule has 3 N–H and O–H groups in total. The van der Waals surface area contributed by atoms with Gasteiger partial charge in [-0.25, -0.2) is 0 Å². The van der Waals surface area contributed by atoms with Crippen LogP contribution in [-0.4, -0.2) is 41.8 Å². The van der Waals surface area contributed by atoms with Gasteiger partial charge in [-0.05, 0) is 40.3 Å². The monoisotopic (exact) mass is 188 g/mol. The fraction of sp³-hybridized carbons (Fsp3) is 1.00. The summed E-state index contributed by atoms with van der Waals surface area (Å²) >= 11 is 0. The fourth-order valence-corrected chi connectivity index (χ4v) is 1.47. The molecule has 0 bridgehead atoms. The molecule has 13 heavy (non-hydrogen) atoms. The Labute approximate surface area is 81.9 Å². The number of rotatable bonds is 6. The van der Waals surface area contributed by atoms with Crippen molar-refractivity contribution in [3.63, 3.8) is 0 Å². The highest BCUT2D eigenvalue weighted by Gasteiger charge is 2.27. The third kappa shape index (κ3) is 3.63. The van der Waals surface area contributed by atoms with Gasteiger partial charge >= 0.3 is 0 Å². The van der Waals surface area contributed by atoms with Gasteiger partial charge < -0.3 is 10.8 Å². The van der Waals surface area contributed by atoms with Crippen LogP contribution < -0.4 is 5.73 Å². The fourth-order valence-electron chi connectivity index (χ4n) is 1.47. The van der Waals surface area contributed by atoms with Crippen LogP contribution in [0.15, 0.2) is 0 Å². The minimum absolute atomic E-state index is 0.143. The van der Waals surface area contributed by atoms with Gasteiger partial charge in [-0.2, -0.15) is 0 Å². The second-order valence-electron chi connectivity index (χ2n) is 4.22. The first-order chi connectivity index (χ1) is 5.99. The maximum Gasteiger partial charge on any atom is 0.0610 e. The summed E-state index contributed by atoms with van der Waals surface area (Å²) in [6, 6.07) is 0.479. The highest BCUT2D eigenvalue weighted by atomic mass is 16.3. The first-order valence-corrected chi connectivity index (χ1v) is 5.03. The van der Waals surface area contributed by atoms with Crippen LogP contribution in [0.2, 0.25) is 0 Å². The van der Waals surface area contributed by atoms with Crippen LogP contribution in [-0.2, 0) is 0 Å². The molecule has 0 spiro atoms. The van der Waals surface area contributed by atoms with Gasteiger partial charge in [0.05, 0.1) is 6.61 Å². The van der Waals surface area contributed by atoms with Gasteiger partial charge in [0.15, 0.2) is 0 Å². The van der Waals surface area contributed by atoms with E-state index >= 15 is 0 Å². The molecule has 0 saturated heterocycles. The highest BCUT2D eigenvalue weighted by molar-refractivity contribution is 4.83. The number of aliphatic hydroxyl groups excluding tert-OH is 1. The molecule has 0 radical (unpaired) electrons. The van der Waals surface area contributed by atoms with Crippen molar-refractivity contribution in [3.8, 4) is 0 Å². The lowest BCUT2D eigenvalue weighted by Crippen LogP contribution is -2.50. The average Bonchev–Trinajstić information content (AvgIpc) is 2.13. The third-order valence-electron chi connectivity index (χ3n) is 2.86. The molecule has 1 unspecified atom stereocenters. The second-order valence-corrected chi connectivity index (χ2v) is 4.22. The van der Waals surface area contributed by atoms with Crippen molar-refractivity contribution in [2.75, 3.05) is 20.2 Å². The molecular formula is C10H24N2O. The summed E-state index contributed by atoms with van der Waals surface area (Å²) in [7, 11) is 2.06. The van der Waals surface area contributed by atoms with E-state index in [-0.39, 0.29) is 12.1 Å². The average molecular weight is 188 g/mol. The number of nitrogens with two attached hydrogens (primary N) is 1. The van der Waals surface area contributed by atoms with Gasteiger partial charge in [-0.15, -0.1) is 0 Å². The molecule has 0 aromatic carbocycles. The smallest absolute Gasteiger partial charge is 0.0610 e. The summed E-state index contributed by atoms with van der Waals surface area (Å²) in [6.45, 7) is 7.15. The molecule has 0 aliphatic rings. The standard InChI is InChI=1S/C10H24N2O/c1-5-9(6-7-11)12(4)10(2,3)8-13/h9,13H,5-8,11H2,1-4H3. The Morgan fingerprint density at radius 3 is 2.31 bits per heavy atom. The van der Waals surface area contributed by atoms with E-state index in [9.17, 15) is 5.11 Å². The molecule has 0 aliphatic heterocycles. The van der Waals surface area contributed by atoms with Gasteiger partial charge in [-0.3, -0.25) is 4.90 Å². The molecule has 0 rings (SSSR count). The lowest BCUT2D eigenvalue weighted by Gasteiger charge is -2.39. The Balaban J connectivity index is 4.26. The van der Waals surface area contributed by atoms with E-state index in [0.717, 1.165) is 12.8 Å². The van der Waals surface area contributed by atoms with Crippen LogP contribution >= 0.6 is 0 Å². The topological polar surface area (TPSA) is 49.5 Å². The van der Waals surface area contributed by atoms with Crippen LogP contribution in [0.3, 0.4) is 0 Å². The first-order valence-electron chi connectivity index (χ1n) is 5.03. The predicted octanol–water partition coefficient (Wildman–Crippen LogP) is 0.817. The Hall–Kier alpha value is -0.120. The summed E-state index contributed by atoms with van der Waals surface area (Å²) in [4.78, 5) is 2.22. The van der Waals surface area contributed by atoms with Crippen molar-refractivity contribution in [2.45, 2.75) is 45.2 Å². The maximum atomic E-state index is 9.20. The largest absolute Gasteiger partial charge is 0.394 e. The van der Waals surface area contributed by atoms with Crippen molar-refractivity contribution in [1.82, 2.24) is 4.90 Å². The minimum Gasteiger partial charge on any atom is -0.394 e. The molecule has 0 aromatic heterocycles. The molecule has 0 heterocycles. The molecule has 0 amide bonds. The van der Waals surface area contributed by atoms with Gasteiger partial charge in [0, 0.05) is 11.6 Å². The predicted molar refractivity (Wildman–Crippen MR) is 56.7 cm³/mol. The Morgan fingerprint density at radius 2 is 2.00 bits per heavy atom. The quantitative estimate of drug-likeness (QED) is 0.649. The van der Waals surface area contributed by atoms with Crippen LogP contribution in [0.25, 0.3) is 0 Å². The van der Waals surface area contributed by atoms with Gasteiger partial charge in [-0.1, -0.05) is 6.92 Å². The Bertz CT molecular complexity index is 137. The van der Waals surface area contributed by atoms with E-state index in [1.807, 2.05) is 13.8 Å². The third-order valence-corrected chi connectivity index (χ3v) is 2.86. The van der Waals surface area contributed by atoms with E-state index in [0.29, 0.717) is 12.6 Å². The van der Waals surface area contributed by atoms with Crippen molar-refractivity contribution in [1.29, 1.82) is 0 Å². The van der Waals surface area contributed by atoms with E-state index in [1.54, 1.807) is 0 Å². The van der Waals surface area contributed by atoms with Crippen molar-refractivity contribution >= 4 is 0 Å². The SMILES string of the molecule is CCC(CCN)N(C)C(C)(C)CO. The molecule has 80 valence electrons. The summed E-state index contributed by atoms with van der Waals surface area (Å²) in [5.41, 5.74) is 5.40. The van der Waals surface area contributed by atoms with E-state index in [1.165, 1.54) is 0 Å². The first kappa shape index (κ1) is 12.9. The Kier molecular flexibility index (Phi) is 5.53. The molecule has 0 fully saturated rings. The molecule has 0 aromatic rings. The lowest BCUT2D eigenvalue weighted by molar-refractivity contribution is 0.0412. The van der Waals surface area contributed by atoms with Crippen LogP contribution in [0.4, 0.5) is 0 Å². The number of aliphatic hydroxyl groups is 1. The summed E-state index contributed by atoms with van der Waals surface area (Å²) < 4.78 is 0. The summed E-state index contributed by atoms with van der Waals surface area (Å²) in [6.07, 6.45) is 2.08. The van der Waals surface area contributed by atoms with Crippen molar-refractivity contribution < 1.29 is 5.11 Å². The lowest BCUT2D eigenvalue weighted by atomic mass is 9.99. The molecule has 3 heteroatoms. The van der Waals surface area contributed by atoms with Crippen molar-refractivity contribution in [2.24, 2.45) is 5.73 Å². The van der Waals surface area contributed by atoms with Crippen LogP contribution in [0.1, 0.15) is 33.6 Å². The zero-order valence-corrected chi connectivity index (χ0v) is 9.38. The van der Waals surface area contributed by atoms with E-state index in [2.05, 4.69) is 18.9 Å². The summed E-state index contributed by atoms with van der Waals surface area (Å²) in [5.74, 6) is 0. The van der Waals surface area contributed by atoms with E-state index < -0.39 is 0 Å². The summed E-state index contributed by atoms with van der Waals surface area (Å²) in [5, 5.41) is 9.20. The number of hydrogen-bond acceptors (Lipinski definition) is 3. The second kappa shape index (κ2) is 5.58. The van der Waals surface area contributed by atoms with Crippen LogP contribution in [0, 0.1) is 0 Å². The number of nitrogens with zero attached hydrogens (tertiary/aromatic N) is 1. The van der Waals surface area contributed by atoms with Gasteiger partial charge in [0.25, 0.3) is 0 Å². The number of hydrogen-bond donors (Lipinski definition) is 2. The minimum atomic E-state index is -0.143. The molecule has 3 nitrogen and oxygen atoms in total. The normalized spacial score (nSPS) is 15.0. The zero-order chi connectivity index (χ0) is 10.5. The van der Waals surface area contributed by atoms with Crippen LogP contribution in [0.5, 0.6) is 0 Å².